The van der Waals surface area contributed by atoms with Crippen LogP contribution in [0, 0.1) is 6.92 Å². The summed E-state index contributed by atoms with van der Waals surface area (Å²) in [7, 11) is 0. The number of fused-ring (bicyclic) bond motifs is 8. The second-order valence-corrected chi connectivity index (χ2v) is 8.10. The molecule has 4 nitrogen and oxygen atoms in total. The lowest BCUT2D eigenvalue weighted by Gasteiger charge is -2.46. The van der Waals surface area contributed by atoms with Gasteiger partial charge in [-0.3, -0.25) is 0 Å². The molecular formula is C23H16O4S. The van der Waals surface area contributed by atoms with Crippen LogP contribution in [-0.2, 0) is 16.9 Å². The molecule has 0 spiro atoms. The summed E-state index contributed by atoms with van der Waals surface area (Å²) in [5.74, 6) is 0.132. The Balaban J connectivity index is 1.70. The minimum Gasteiger partial charge on any atom is -0.457 e. The molecular weight excluding hydrogens is 372 g/mol. The monoisotopic (exact) mass is 388 g/mol. The maximum absolute atomic E-state index is 12.7. The molecule has 4 aromatic rings. The van der Waals surface area contributed by atoms with Crippen molar-refractivity contribution in [3.63, 3.8) is 0 Å². The Morgan fingerprint density at radius 2 is 2.04 bits per heavy atom. The van der Waals surface area contributed by atoms with Gasteiger partial charge in [0.1, 0.15) is 23.2 Å². The lowest BCUT2D eigenvalue weighted by Crippen LogP contribution is -2.47. The van der Waals surface area contributed by atoms with Crippen LogP contribution in [0.1, 0.15) is 34.1 Å². The summed E-state index contributed by atoms with van der Waals surface area (Å²) in [5.41, 5.74) is 3.17. The van der Waals surface area contributed by atoms with Crippen LogP contribution in [0.3, 0.4) is 0 Å². The van der Waals surface area contributed by atoms with Gasteiger partial charge in [-0.15, -0.1) is 0 Å². The van der Waals surface area contributed by atoms with Gasteiger partial charge in [-0.25, -0.2) is 4.79 Å². The Morgan fingerprint density at radius 1 is 1.14 bits per heavy atom. The Morgan fingerprint density at radius 3 is 2.89 bits per heavy atom. The normalized spacial score (nSPS) is 22.4. The second kappa shape index (κ2) is 5.56. The van der Waals surface area contributed by atoms with E-state index >= 15 is 0 Å². The largest absolute Gasteiger partial charge is 0.457 e. The van der Waals surface area contributed by atoms with E-state index in [1.807, 2.05) is 23.6 Å². The summed E-state index contributed by atoms with van der Waals surface area (Å²) in [6, 6.07) is 16.3. The van der Waals surface area contributed by atoms with Crippen molar-refractivity contribution < 1.29 is 13.9 Å². The molecule has 2 aromatic heterocycles. The lowest BCUT2D eigenvalue weighted by molar-refractivity contribution is -0.237. The van der Waals surface area contributed by atoms with E-state index in [1.54, 1.807) is 24.3 Å². The van der Waals surface area contributed by atoms with Crippen LogP contribution < -0.4 is 10.4 Å². The SMILES string of the molecule is Cc1cc2c(c(=O)o1)[C@H]1O[C@](c3ccsc3)(Cc3c1ccc1ccccc31)O2. The first-order valence-corrected chi connectivity index (χ1v) is 10.1. The van der Waals surface area contributed by atoms with E-state index in [-0.39, 0.29) is 0 Å². The molecule has 28 heavy (non-hydrogen) atoms. The molecule has 0 amide bonds. The summed E-state index contributed by atoms with van der Waals surface area (Å²) in [6.45, 7) is 1.76. The van der Waals surface area contributed by atoms with Crippen molar-refractivity contribution in [3.8, 4) is 5.75 Å². The molecule has 0 saturated heterocycles. The third-order valence-electron chi connectivity index (χ3n) is 5.65. The molecule has 2 aliphatic heterocycles. The van der Waals surface area contributed by atoms with Gasteiger partial charge in [-0.1, -0.05) is 36.4 Å². The smallest absolute Gasteiger partial charge is 0.345 e. The zero-order valence-corrected chi connectivity index (χ0v) is 15.9. The van der Waals surface area contributed by atoms with Crippen LogP contribution in [0.2, 0.25) is 0 Å². The molecule has 2 atom stereocenters. The summed E-state index contributed by atoms with van der Waals surface area (Å²) in [4.78, 5) is 12.7. The fourth-order valence-corrected chi connectivity index (χ4v) is 5.11. The molecule has 5 heteroatoms. The van der Waals surface area contributed by atoms with Crippen LogP contribution in [0.5, 0.6) is 5.75 Å². The number of ether oxygens (including phenoxy) is 2. The maximum Gasteiger partial charge on any atom is 0.345 e. The van der Waals surface area contributed by atoms with Crippen LogP contribution in [-0.4, -0.2) is 0 Å². The molecule has 0 saturated carbocycles. The number of hydrogen-bond donors (Lipinski definition) is 0. The zero-order valence-electron chi connectivity index (χ0n) is 15.1. The summed E-state index contributed by atoms with van der Waals surface area (Å²) < 4.78 is 18.3. The van der Waals surface area contributed by atoms with Gasteiger partial charge >= 0.3 is 5.63 Å². The Hall–Kier alpha value is -2.89. The van der Waals surface area contributed by atoms with Crippen LogP contribution in [0.25, 0.3) is 10.8 Å². The third-order valence-corrected chi connectivity index (χ3v) is 6.33. The van der Waals surface area contributed by atoms with Gasteiger partial charge in [0.05, 0.1) is 0 Å². The van der Waals surface area contributed by atoms with E-state index in [1.165, 1.54) is 0 Å². The van der Waals surface area contributed by atoms with Crippen LogP contribution in [0.15, 0.2) is 68.5 Å². The van der Waals surface area contributed by atoms with Crippen molar-refractivity contribution in [3.05, 3.63) is 97.7 Å². The van der Waals surface area contributed by atoms with Gasteiger partial charge < -0.3 is 13.9 Å². The highest BCUT2D eigenvalue weighted by atomic mass is 32.1. The van der Waals surface area contributed by atoms with Crippen molar-refractivity contribution in [1.29, 1.82) is 0 Å². The number of rotatable bonds is 1. The van der Waals surface area contributed by atoms with Crippen LogP contribution >= 0.6 is 11.3 Å². The van der Waals surface area contributed by atoms with Crippen molar-refractivity contribution in [2.24, 2.45) is 0 Å². The van der Waals surface area contributed by atoms with Crippen molar-refractivity contribution >= 4 is 22.1 Å². The van der Waals surface area contributed by atoms with Gasteiger partial charge in [0, 0.05) is 23.4 Å². The number of thiophene rings is 1. The average Bonchev–Trinajstić information content (AvgIpc) is 3.23. The van der Waals surface area contributed by atoms with Crippen molar-refractivity contribution in [2.75, 3.05) is 0 Å². The fraction of sp³-hybridized carbons (Fsp3) is 0.174. The minimum atomic E-state index is -0.949. The predicted molar refractivity (Wildman–Crippen MR) is 107 cm³/mol. The molecule has 2 aliphatic rings. The fourth-order valence-electron chi connectivity index (χ4n) is 4.40. The molecule has 2 bridgehead atoms. The lowest BCUT2D eigenvalue weighted by atomic mass is 9.83. The summed E-state index contributed by atoms with van der Waals surface area (Å²) in [5, 5.41) is 6.40. The first-order chi connectivity index (χ1) is 13.6. The van der Waals surface area contributed by atoms with Gasteiger partial charge in [0.2, 0.25) is 5.79 Å². The highest BCUT2D eigenvalue weighted by Gasteiger charge is 2.50. The van der Waals surface area contributed by atoms with E-state index in [0.717, 1.165) is 27.5 Å². The second-order valence-electron chi connectivity index (χ2n) is 7.32. The molecule has 6 rings (SSSR count). The van der Waals surface area contributed by atoms with Gasteiger partial charge in [-0.05, 0) is 40.3 Å². The molecule has 0 fully saturated rings. The number of hydrogen-bond acceptors (Lipinski definition) is 5. The van der Waals surface area contributed by atoms with E-state index in [0.29, 0.717) is 23.5 Å². The highest BCUT2D eigenvalue weighted by molar-refractivity contribution is 7.08. The van der Waals surface area contributed by atoms with Crippen molar-refractivity contribution in [2.45, 2.75) is 25.2 Å². The Kier molecular flexibility index (Phi) is 3.20. The third kappa shape index (κ3) is 2.11. The van der Waals surface area contributed by atoms with Crippen molar-refractivity contribution in [1.82, 2.24) is 0 Å². The number of benzene rings is 2. The molecule has 0 radical (unpaired) electrons. The summed E-state index contributed by atoms with van der Waals surface area (Å²) >= 11 is 1.60. The van der Waals surface area contributed by atoms with Crippen LogP contribution in [0.4, 0.5) is 0 Å². The molecule has 0 unspecified atom stereocenters. The van der Waals surface area contributed by atoms with E-state index in [4.69, 9.17) is 13.9 Å². The molecule has 0 N–H and O–H groups in total. The predicted octanol–water partition coefficient (Wildman–Crippen LogP) is 5.07. The first-order valence-electron chi connectivity index (χ1n) is 9.19. The molecule has 2 aromatic carbocycles. The molecule has 4 heterocycles. The first kappa shape index (κ1) is 16.1. The topological polar surface area (TPSA) is 48.7 Å². The van der Waals surface area contributed by atoms with E-state index in [2.05, 4.69) is 29.6 Å². The van der Waals surface area contributed by atoms with E-state index < -0.39 is 17.5 Å². The van der Waals surface area contributed by atoms with Gasteiger partial charge in [0.15, 0.2) is 0 Å². The Bertz CT molecular complexity index is 1290. The van der Waals surface area contributed by atoms with Gasteiger partial charge in [0.25, 0.3) is 0 Å². The number of aryl methyl sites for hydroxylation is 1. The van der Waals surface area contributed by atoms with Gasteiger partial charge in [-0.2, -0.15) is 11.3 Å². The average molecular weight is 388 g/mol. The maximum atomic E-state index is 12.7. The highest BCUT2D eigenvalue weighted by Crippen LogP contribution is 2.52. The van der Waals surface area contributed by atoms with E-state index in [9.17, 15) is 4.79 Å². The summed E-state index contributed by atoms with van der Waals surface area (Å²) in [6.07, 6.45) is 0.0594. The molecule has 138 valence electrons. The zero-order chi connectivity index (χ0) is 18.9. The standard InChI is InChI=1S/C23H16O4S/c1-13-10-19-20(22(24)25-13)21-17-7-6-14-4-2-3-5-16(14)18(17)11-23(26-19,27-21)15-8-9-28-12-15/h2-10,12,21H,11H2,1H3/t21-,23-/m0/s1. The quantitative estimate of drug-likeness (QED) is 0.457. The Labute approximate surface area is 165 Å². The minimum absolute atomic E-state index is 0.403. The molecule has 0 aliphatic carbocycles.